The Hall–Kier alpha value is -1.40. The molecule has 0 aromatic carbocycles. The molecule has 1 atom stereocenters. The van der Waals surface area contributed by atoms with Crippen molar-refractivity contribution in [1.82, 2.24) is 9.97 Å². The van der Waals surface area contributed by atoms with Crippen LogP contribution in [0.4, 0.5) is 0 Å². The van der Waals surface area contributed by atoms with Gasteiger partial charge >= 0.3 is 0 Å². The first-order valence-corrected chi connectivity index (χ1v) is 9.06. The highest BCUT2D eigenvalue weighted by molar-refractivity contribution is 5.28. The fourth-order valence-electron chi connectivity index (χ4n) is 5.39. The Morgan fingerprint density at radius 1 is 1.04 bits per heavy atom. The summed E-state index contributed by atoms with van der Waals surface area (Å²) in [6, 6.07) is 0. The average Bonchev–Trinajstić information content (AvgIpc) is 2.51. The van der Waals surface area contributed by atoms with Gasteiger partial charge in [-0.25, -0.2) is 9.97 Å². The Morgan fingerprint density at radius 2 is 1.57 bits per heavy atom. The molecule has 4 aliphatic rings. The van der Waals surface area contributed by atoms with Crippen LogP contribution in [0.3, 0.4) is 0 Å². The van der Waals surface area contributed by atoms with Gasteiger partial charge in [0.25, 0.3) is 0 Å². The van der Waals surface area contributed by atoms with Crippen molar-refractivity contribution in [2.45, 2.75) is 58.5 Å². The molecule has 4 aliphatic carbocycles. The van der Waals surface area contributed by atoms with Gasteiger partial charge in [0.1, 0.15) is 0 Å². The SMILES string of the molecule is CC(C)C(O)c1cnc(C#CC23CC4CC(CC(C4)C2)C3)nc1. The fraction of sp³-hybridized carbons (Fsp3) is 0.700. The Balaban J connectivity index is 1.52. The first-order valence-electron chi connectivity index (χ1n) is 9.06. The lowest BCUT2D eigenvalue weighted by molar-refractivity contribution is -0.0181. The second-order valence-electron chi connectivity index (χ2n) is 8.48. The molecule has 0 spiro atoms. The lowest BCUT2D eigenvalue weighted by atomic mass is 9.50. The number of aliphatic hydroxyl groups excluding tert-OH is 1. The zero-order valence-corrected chi connectivity index (χ0v) is 14.1. The molecule has 4 fully saturated rings. The van der Waals surface area contributed by atoms with Gasteiger partial charge in [-0.3, -0.25) is 0 Å². The smallest absolute Gasteiger partial charge is 0.204 e. The van der Waals surface area contributed by atoms with Crippen molar-refractivity contribution >= 4 is 0 Å². The van der Waals surface area contributed by atoms with E-state index in [9.17, 15) is 5.11 Å². The minimum Gasteiger partial charge on any atom is -0.388 e. The largest absolute Gasteiger partial charge is 0.388 e. The van der Waals surface area contributed by atoms with Crippen LogP contribution in [0.1, 0.15) is 69.9 Å². The molecule has 0 aliphatic heterocycles. The van der Waals surface area contributed by atoms with E-state index in [0.29, 0.717) is 5.82 Å². The summed E-state index contributed by atoms with van der Waals surface area (Å²) in [5.74, 6) is 10.3. The van der Waals surface area contributed by atoms with Crippen LogP contribution in [0.15, 0.2) is 12.4 Å². The molecule has 23 heavy (non-hydrogen) atoms. The predicted octanol–water partition coefficient (Wildman–Crippen LogP) is 3.73. The Morgan fingerprint density at radius 3 is 2.04 bits per heavy atom. The third-order valence-electron chi connectivity index (χ3n) is 6.12. The predicted molar refractivity (Wildman–Crippen MR) is 89.3 cm³/mol. The van der Waals surface area contributed by atoms with E-state index in [1.165, 1.54) is 38.5 Å². The first-order chi connectivity index (χ1) is 11.0. The van der Waals surface area contributed by atoms with Crippen LogP contribution in [0.25, 0.3) is 0 Å². The van der Waals surface area contributed by atoms with E-state index < -0.39 is 6.10 Å². The van der Waals surface area contributed by atoms with E-state index in [1.807, 2.05) is 13.8 Å². The molecule has 0 radical (unpaired) electrons. The lowest BCUT2D eigenvalue weighted by Crippen LogP contribution is -2.45. The fourth-order valence-corrected chi connectivity index (χ4v) is 5.39. The molecule has 4 saturated carbocycles. The van der Waals surface area contributed by atoms with Crippen molar-refractivity contribution in [3.05, 3.63) is 23.8 Å². The highest BCUT2D eigenvalue weighted by Crippen LogP contribution is 2.59. The van der Waals surface area contributed by atoms with Crippen LogP contribution < -0.4 is 0 Å². The normalized spacial score (nSPS) is 35.9. The molecule has 1 heterocycles. The maximum atomic E-state index is 10.1. The third-order valence-corrected chi connectivity index (χ3v) is 6.12. The summed E-state index contributed by atoms with van der Waals surface area (Å²) in [4.78, 5) is 8.71. The molecular formula is C20H26N2O. The summed E-state index contributed by atoms with van der Waals surface area (Å²) in [6.45, 7) is 3.98. The minimum absolute atomic E-state index is 0.169. The number of aliphatic hydroxyl groups is 1. The van der Waals surface area contributed by atoms with Gasteiger partial charge in [0.2, 0.25) is 5.82 Å². The molecule has 1 N–H and O–H groups in total. The van der Waals surface area contributed by atoms with Gasteiger partial charge in [-0.1, -0.05) is 19.8 Å². The van der Waals surface area contributed by atoms with Gasteiger partial charge < -0.3 is 5.11 Å². The number of rotatable bonds is 2. The molecule has 0 amide bonds. The van der Waals surface area contributed by atoms with Crippen LogP contribution in [0.2, 0.25) is 0 Å². The molecule has 122 valence electrons. The summed E-state index contributed by atoms with van der Waals surface area (Å²) >= 11 is 0. The summed E-state index contributed by atoms with van der Waals surface area (Å²) < 4.78 is 0. The van der Waals surface area contributed by atoms with Crippen molar-refractivity contribution in [1.29, 1.82) is 0 Å². The van der Waals surface area contributed by atoms with Crippen molar-refractivity contribution in [2.75, 3.05) is 0 Å². The number of nitrogens with zero attached hydrogens (tertiary/aromatic N) is 2. The van der Waals surface area contributed by atoms with Crippen molar-refractivity contribution in [2.24, 2.45) is 29.1 Å². The minimum atomic E-state index is -0.500. The summed E-state index contributed by atoms with van der Waals surface area (Å²) in [7, 11) is 0. The Kier molecular flexibility index (Phi) is 3.69. The zero-order chi connectivity index (χ0) is 16.0. The summed E-state index contributed by atoms with van der Waals surface area (Å²) in [6.07, 6.45) is 11.1. The number of hydrogen-bond donors (Lipinski definition) is 1. The van der Waals surface area contributed by atoms with Gasteiger partial charge in [-0.2, -0.15) is 0 Å². The van der Waals surface area contributed by atoms with E-state index in [0.717, 1.165) is 23.3 Å². The quantitative estimate of drug-likeness (QED) is 0.847. The molecule has 5 rings (SSSR count). The second kappa shape index (κ2) is 5.60. The number of aromatic nitrogens is 2. The molecule has 1 aromatic heterocycles. The standard InChI is InChI=1S/C20H26N2O/c1-13(2)19(23)17-11-21-18(22-12-17)3-4-20-8-14-5-15(9-20)7-16(6-14)10-20/h11-16,19,23H,5-10H2,1-2H3. The van der Waals surface area contributed by atoms with E-state index in [4.69, 9.17) is 0 Å². The molecule has 0 saturated heterocycles. The van der Waals surface area contributed by atoms with Crippen molar-refractivity contribution < 1.29 is 5.11 Å². The average molecular weight is 310 g/mol. The van der Waals surface area contributed by atoms with Crippen molar-refractivity contribution in [3.63, 3.8) is 0 Å². The summed E-state index contributed by atoms with van der Waals surface area (Å²) in [5.41, 5.74) is 1.02. The number of hydrogen-bond acceptors (Lipinski definition) is 3. The maximum absolute atomic E-state index is 10.1. The molecule has 3 nitrogen and oxygen atoms in total. The first kappa shape index (κ1) is 15.1. The van der Waals surface area contributed by atoms with Gasteiger partial charge in [-0.05, 0) is 68.1 Å². The molecule has 1 unspecified atom stereocenters. The van der Waals surface area contributed by atoms with Gasteiger partial charge in [-0.15, -0.1) is 0 Å². The van der Waals surface area contributed by atoms with Crippen LogP contribution in [-0.2, 0) is 0 Å². The molecular weight excluding hydrogens is 284 g/mol. The second-order valence-corrected chi connectivity index (χ2v) is 8.48. The molecule has 4 bridgehead atoms. The molecule has 1 aromatic rings. The zero-order valence-electron chi connectivity index (χ0n) is 14.1. The maximum Gasteiger partial charge on any atom is 0.204 e. The van der Waals surface area contributed by atoms with Gasteiger partial charge in [0, 0.05) is 23.4 Å². The van der Waals surface area contributed by atoms with E-state index in [-0.39, 0.29) is 11.3 Å². The third kappa shape index (κ3) is 2.90. The highest BCUT2D eigenvalue weighted by Gasteiger charge is 2.50. The lowest BCUT2D eigenvalue weighted by Gasteiger charge is -2.54. The topological polar surface area (TPSA) is 46.0 Å². The monoisotopic (exact) mass is 310 g/mol. The van der Waals surface area contributed by atoms with E-state index in [1.54, 1.807) is 12.4 Å². The van der Waals surface area contributed by atoms with Gasteiger partial charge in [0.15, 0.2) is 0 Å². The van der Waals surface area contributed by atoms with Crippen LogP contribution >= 0.6 is 0 Å². The van der Waals surface area contributed by atoms with Crippen LogP contribution in [-0.4, -0.2) is 15.1 Å². The van der Waals surface area contributed by atoms with Crippen LogP contribution in [0, 0.1) is 40.9 Å². The highest BCUT2D eigenvalue weighted by atomic mass is 16.3. The van der Waals surface area contributed by atoms with Crippen LogP contribution in [0.5, 0.6) is 0 Å². The Bertz CT molecular complexity index is 603. The van der Waals surface area contributed by atoms with Crippen molar-refractivity contribution in [3.8, 4) is 11.8 Å². The van der Waals surface area contributed by atoms with E-state index >= 15 is 0 Å². The summed E-state index contributed by atoms with van der Waals surface area (Å²) in [5, 5.41) is 10.1. The Labute approximate surface area is 138 Å². The van der Waals surface area contributed by atoms with E-state index in [2.05, 4.69) is 21.8 Å². The van der Waals surface area contributed by atoms with Gasteiger partial charge in [0.05, 0.1) is 6.10 Å². The molecule has 3 heteroatoms.